The zero-order valence-corrected chi connectivity index (χ0v) is 26.2. The number of aromatic nitrogens is 5. The molecule has 0 spiro atoms. The van der Waals surface area contributed by atoms with Crippen molar-refractivity contribution < 1.29 is 4.42 Å². The van der Waals surface area contributed by atoms with E-state index in [2.05, 4.69) is 42.5 Å². The summed E-state index contributed by atoms with van der Waals surface area (Å²) in [6, 6.07) is 54.6. The van der Waals surface area contributed by atoms with E-state index in [1.54, 1.807) is 0 Å². The number of rotatable bonds is 6. The first-order valence-corrected chi connectivity index (χ1v) is 16.1. The van der Waals surface area contributed by atoms with Gasteiger partial charge in [-0.1, -0.05) is 140 Å². The summed E-state index contributed by atoms with van der Waals surface area (Å²) in [4.78, 5) is 24.8. The van der Waals surface area contributed by atoms with Crippen molar-refractivity contribution in [3.63, 3.8) is 0 Å². The molecule has 6 nitrogen and oxygen atoms in total. The third-order valence-electron chi connectivity index (χ3n) is 8.56. The molecule has 49 heavy (non-hydrogen) atoms. The Morgan fingerprint density at radius 1 is 0.327 bits per heavy atom. The van der Waals surface area contributed by atoms with Crippen molar-refractivity contribution in [3.05, 3.63) is 164 Å². The number of nitrogens with zero attached hydrogens (tertiary/aromatic N) is 5. The fourth-order valence-corrected chi connectivity index (χ4v) is 6.13. The summed E-state index contributed by atoms with van der Waals surface area (Å²) < 4.78 is 6.67. The number of hydrogen-bond donors (Lipinski definition) is 0. The lowest BCUT2D eigenvalue weighted by atomic mass is 10.1. The Morgan fingerprint density at radius 3 is 1.37 bits per heavy atom. The second-order valence-corrected chi connectivity index (χ2v) is 11.7. The molecule has 0 aliphatic heterocycles. The SMILES string of the molecule is c1ccc(-c2cc(-c3ccccc3)nc(-c3ccc4c(c3)oc3c(-c5nc(-c6ccccc6)nc(-c6ccccc6)n5)cccc34)n2)cc1. The Bertz CT molecular complexity index is 2470. The van der Waals surface area contributed by atoms with Crippen LogP contribution in [0.25, 0.3) is 90.0 Å². The van der Waals surface area contributed by atoms with Crippen LogP contribution in [-0.2, 0) is 0 Å². The first kappa shape index (κ1) is 28.4. The average Bonchev–Trinajstić information content (AvgIpc) is 3.57. The van der Waals surface area contributed by atoms with Gasteiger partial charge in [0.1, 0.15) is 11.2 Å². The molecule has 0 fully saturated rings. The van der Waals surface area contributed by atoms with Gasteiger partial charge in [-0.25, -0.2) is 24.9 Å². The topological polar surface area (TPSA) is 77.6 Å². The van der Waals surface area contributed by atoms with E-state index in [-0.39, 0.29) is 0 Å². The van der Waals surface area contributed by atoms with Crippen LogP contribution in [0, 0.1) is 0 Å². The molecule has 9 rings (SSSR count). The van der Waals surface area contributed by atoms with Gasteiger partial charge in [-0.2, -0.15) is 0 Å². The van der Waals surface area contributed by atoms with Crippen LogP contribution in [0.2, 0.25) is 0 Å². The van der Waals surface area contributed by atoms with Gasteiger partial charge in [0.2, 0.25) is 0 Å². The van der Waals surface area contributed by atoms with E-state index in [1.807, 2.05) is 121 Å². The van der Waals surface area contributed by atoms with Crippen LogP contribution in [0.3, 0.4) is 0 Å². The molecule has 0 bridgehead atoms. The average molecular weight is 630 g/mol. The van der Waals surface area contributed by atoms with Crippen LogP contribution in [0.15, 0.2) is 168 Å². The molecule has 0 saturated heterocycles. The van der Waals surface area contributed by atoms with Crippen LogP contribution in [0.4, 0.5) is 0 Å². The number of furan rings is 1. The molecule has 0 unspecified atom stereocenters. The van der Waals surface area contributed by atoms with Crippen LogP contribution in [0.1, 0.15) is 0 Å². The summed E-state index contributed by atoms with van der Waals surface area (Å²) in [6.45, 7) is 0. The Hall–Kier alpha value is -6.79. The third kappa shape index (κ3) is 5.41. The Kier molecular flexibility index (Phi) is 7.02. The van der Waals surface area contributed by atoms with Crippen LogP contribution < -0.4 is 0 Å². The van der Waals surface area contributed by atoms with Gasteiger partial charge in [0.25, 0.3) is 0 Å². The Balaban J connectivity index is 1.20. The quantitative estimate of drug-likeness (QED) is 0.182. The fourth-order valence-electron chi connectivity index (χ4n) is 6.13. The van der Waals surface area contributed by atoms with Crippen molar-refractivity contribution in [3.8, 4) is 68.1 Å². The first-order valence-electron chi connectivity index (χ1n) is 16.1. The lowest BCUT2D eigenvalue weighted by molar-refractivity contribution is 0.669. The molecule has 0 aliphatic rings. The highest BCUT2D eigenvalue weighted by Gasteiger charge is 2.19. The molecule has 3 heterocycles. The zero-order valence-electron chi connectivity index (χ0n) is 26.2. The van der Waals surface area contributed by atoms with Gasteiger partial charge < -0.3 is 4.42 Å². The molecule has 3 aromatic heterocycles. The first-order chi connectivity index (χ1) is 24.3. The minimum Gasteiger partial charge on any atom is -0.455 e. The molecule has 0 aliphatic carbocycles. The molecule has 0 radical (unpaired) electrons. The minimum atomic E-state index is 0.545. The second kappa shape index (κ2) is 12.1. The van der Waals surface area contributed by atoms with Gasteiger partial charge in [-0.05, 0) is 24.3 Å². The molecule has 0 amide bonds. The number of fused-ring (bicyclic) bond motifs is 3. The molecular weight excluding hydrogens is 603 g/mol. The molecule has 0 N–H and O–H groups in total. The molecule has 9 aromatic rings. The molecule has 0 saturated carbocycles. The van der Waals surface area contributed by atoms with E-state index in [0.29, 0.717) is 28.9 Å². The fraction of sp³-hybridized carbons (Fsp3) is 0. The van der Waals surface area contributed by atoms with Gasteiger partial charge >= 0.3 is 0 Å². The predicted octanol–water partition coefficient (Wildman–Crippen LogP) is 10.6. The third-order valence-corrected chi connectivity index (χ3v) is 8.56. The van der Waals surface area contributed by atoms with Gasteiger partial charge in [0.15, 0.2) is 23.3 Å². The molecule has 0 atom stereocenters. The van der Waals surface area contributed by atoms with E-state index in [1.165, 1.54) is 0 Å². The van der Waals surface area contributed by atoms with Gasteiger partial charge in [-0.15, -0.1) is 0 Å². The zero-order chi connectivity index (χ0) is 32.6. The summed E-state index contributed by atoms with van der Waals surface area (Å²) in [5.74, 6) is 2.37. The normalized spacial score (nSPS) is 11.3. The van der Waals surface area contributed by atoms with Gasteiger partial charge in [0.05, 0.1) is 17.0 Å². The van der Waals surface area contributed by atoms with E-state index in [9.17, 15) is 0 Å². The Labute approximate surface area is 282 Å². The van der Waals surface area contributed by atoms with Crippen molar-refractivity contribution in [1.82, 2.24) is 24.9 Å². The maximum atomic E-state index is 6.67. The standard InChI is InChI=1S/C43H27N5O/c1-5-14-28(15-6-1)36-27-37(29-16-7-2-8-17-29)45-42(44-36)32-24-25-33-34-22-13-23-35(39(34)49-38(33)26-32)43-47-40(30-18-9-3-10-19-30)46-41(48-43)31-20-11-4-12-21-31/h1-27H. The maximum absolute atomic E-state index is 6.67. The lowest BCUT2D eigenvalue weighted by Gasteiger charge is -2.09. The summed E-state index contributed by atoms with van der Waals surface area (Å²) >= 11 is 0. The van der Waals surface area contributed by atoms with Crippen LogP contribution in [-0.4, -0.2) is 24.9 Å². The number of para-hydroxylation sites is 1. The van der Waals surface area contributed by atoms with Crippen molar-refractivity contribution >= 4 is 21.9 Å². The number of benzene rings is 6. The summed E-state index contributed by atoms with van der Waals surface area (Å²) in [7, 11) is 0. The molecule has 6 heteroatoms. The monoisotopic (exact) mass is 629 g/mol. The number of hydrogen-bond acceptors (Lipinski definition) is 6. The van der Waals surface area contributed by atoms with E-state index < -0.39 is 0 Å². The van der Waals surface area contributed by atoms with Crippen molar-refractivity contribution in [2.24, 2.45) is 0 Å². The summed E-state index contributed by atoms with van der Waals surface area (Å²) in [6.07, 6.45) is 0. The van der Waals surface area contributed by atoms with E-state index >= 15 is 0 Å². The van der Waals surface area contributed by atoms with Crippen molar-refractivity contribution in [2.75, 3.05) is 0 Å². The van der Waals surface area contributed by atoms with Crippen LogP contribution >= 0.6 is 0 Å². The van der Waals surface area contributed by atoms with Crippen molar-refractivity contribution in [1.29, 1.82) is 0 Å². The minimum absolute atomic E-state index is 0.545. The molecular formula is C43H27N5O. The maximum Gasteiger partial charge on any atom is 0.167 e. The van der Waals surface area contributed by atoms with Gasteiger partial charge in [-0.3, -0.25) is 0 Å². The predicted molar refractivity (Wildman–Crippen MR) is 195 cm³/mol. The largest absolute Gasteiger partial charge is 0.455 e. The van der Waals surface area contributed by atoms with Crippen molar-refractivity contribution in [2.45, 2.75) is 0 Å². The van der Waals surface area contributed by atoms with E-state index in [0.717, 1.165) is 61.1 Å². The summed E-state index contributed by atoms with van der Waals surface area (Å²) in [5.41, 5.74) is 8.69. The lowest BCUT2D eigenvalue weighted by Crippen LogP contribution is -2.00. The highest BCUT2D eigenvalue weighted by atomic mass is 16.3. The molecule has 230 valence electrons. The van der Waals surface area contributed by atoms with Crippen LogP contribution in [0.5, 0.6) is 0 Å². The highest BCUT2D eigenvalue weighted by molar-refractivity contribution is 6.09. The smallest absolute Gasteiger partial charge is 0.167 e. The Morgan fingerprint density at radius 2 is 0.816 bits per heavy atom. The molecule has 6 aromatic carbocycles. The van der Waals surface area contributed by atoms with E-state index in [4.69, 9.17) is 29.3 Å². The van der Waals surface area contributed by atoms with Gasteiger partial charge in [0, 0.05) is 38.6 Å². The summed E-state index contributed by atoms with van der Waals surface area (Å²) in [5, 5.41) is 1.97. The highest BCUT2D eigenvalue weighted by Crippen LogP contribution is 2.37. The second-order valence-electron chi connectivity index (χ2n) is 11.7.